The van der Waals surface area contributed by atoms with Gasteiger partial charge in [0.1, 0.15) is 12.4 Å². The van der Waals surface area contributed by atoms with Crippen molar-refractivity contribution in [3.63, 3.8) is 0 Å². The molecular weight excluding hydrogens is 458 g/mol. The van der Waals surface area contributed by atoms with Crippen LogP contribution in [0.2, 0.25) is 0 Å². The molecule has 1 heterocycles. The van der Waals surface area contributed by atoms with Crippen molar-refractivity contribution in [3.05, 3.63) is 66.4 Å². The summed E-state index contributed by atoms with van der Waals surface area (Å²) in [6.45, 7) is 6.42. The molecule has 4 rings (SSSR count). The Balaban J connectivity index is 1.57. The third-order valence-electron chi connectivity index (χ3n) is 6.56. The zero-order chi connectivity index (χ0) is 25.7. The van der Waals surface area contributed by atoms with Gasteiger partial charge >= 0.3 is 6.16 Å². The summed E-state index contributed by atoms with van der Waals surface area (Å²) in [7, 11) is 0. The first-order valence-electron chi connectivity index (χ1n) is 12.4. The Morgan fingerprint density at radius 1 is 1.06 bits per heavy atom. The monoisotopic (exact) mass is 491 g/mol. The standard InChI is InChI=1S/C28H33N3O5/c1-19(2)31(27(32)22-13-9-20(3)10-14-22)26-25(36-28(33)34)17-30(29-26)23-15-11-21(12-16-23)18-35-24-7-5-4-6-8-24/h4-8,11-12,15-17,19-20,22H,9-10,13-14,18H2,1-3H3,(H,33,34). The first-order chi connectivity index (χ1) is 17.3. The van der Waals surface area contributed by atoms with Crippen molar-refractivity contribution in [1.29, 1.82) is 0 Å². The molecule has 1 aliphatic rings. The van der Waals surface area contributed by atoms with Gasteiger partial charge in [0, 0.05) is 12.0 Å². The van der Waals surface area contributed by atoms with Crippen LogP contribution < -0.4 is 14.4 Å². The van der Waals surface area contributed by atoms with Gasteiger partial charge in [-0.2, -0.15) is 0 Å². The molecule has 1 amide bonds. The van der Waals surface area contributed by atoms with E-state index in [4.69, 9.17) is 9.47 Å². The summed E-state index contributed by atoms with van der Waals surface area (Å²) in [5.41, 5.74) is 1.69. The van der Waals surface area contributed by atoms with Crippen LogP contribution in [0, 0.1) is 11.8 Å². The lowest BCUT2D eigenvalue weighted by Gasteiger charge is -2.32. The van der Waals surface area contributed by atoms with Crippen molar-refractivity contribution in [3.8, 4) is 17.2 Å². The number of rotatable bonds is 8. The number of nitrogens with zero attached hydrogens (tertiary/aromatic N) is 3. The van der Waals surface area contributed by atoms with Gasteiger partial charge in [-0.15, -0.1) is 5.10 Å². The SMILES string of the molecule is CC1CCC(C(=O)N(c2nn(-c3ccc(COc4ccccc4)cc3)cc2OC(=O)O)C(C)C)CC1. The van der Waals surface area contributed by atoms with Gasteiger partial charge in [0.2, 0.25) is 11.7 Å². The largest absolute Gasteiger partial charge is 0.511 e. The highest BCUT2D eigenvalue weighted by Gasteiger charge is 2.34. The van der Waals surface area contributed by atoms with Gasteiger partial charge in [-0.1, -0.05) is 37.3 Å². The van der Waals surface area contributed by atoms with Crippen LogP contribution in [0.15, 0.2) is 60.8 Å². The van der Waals surface area contributed by atoms with Crippen LogP contribution in [0.3, 0.4) is 0 Å². The molecule has 8 nitrogen and oxygen atoms in total. The molecule has 1 N–H and O–H groups in total. The average molecular weight is 492 g/mol. The molecule has 0 aliphatic heterocycles. The number of benzene rings is 2. The maximum atomic E-state index is 13.5. The first kappa shape index (κ1) is 25.3. The van der Waals surface area contributed by atoms with E-state index in [-0.39, 0.29) is 29.4 Å². The molecule has 1 saturated carbocycles. The third-order valence-corrected chi connectivity index (χ3v) is 6.56. The van der Waals surface area contributed by atoms with Gasteiger partial charge in [-0.3, -0.25) is 9.69 Å². The smallest absolute Gasteiger partial charge is 0.489 e. The summed E-state index contributed by atoms with van der Waals surface area (Å²) in [6.07, 6.45) is 3.72. The molecule has 0 spiro atoms. The van der Waals surface area contributed by atoms with E-state index < -0.39 is 6.16 Å². The normalized spacial score (nSPS) is 17.6. The summed E-state index contributed by atoms with van der Waals surface area (Å²) < 4.78 is 12.4. The van der Waals surface area contributed by atoms with Crippen LogP contribution in [-0.2, 0) is 11.4 Å². The minimum Gasteiger partial charge on any atom is -0.489 e. The Morgan fingerprint density at radius 2 is 1.72 bits per heavy atom. The number of hydrogen-bond acceptors (Lipinski definition) is 5. The third kappa shape index (κ3) is 6.05. The second kappa shape index (κ2) is 11.3. The van der Waals surface area contributed by atoms with Gasteiger partial charge in [0.25, 0.3) is 0 Å². The van der Waals surface area contributed by atoms with Gasteiger partial charge in [-0.05, 0) is 75.3 Å². The second-order valence-corrected chi connectivity index (χ2v) is 9.66. The number of ether oxygens (including phenoxy) is 2. The second-order valence-electron chi connectivity index (χ2n) is 9.66. The summed E-state index contributed by atoms with van der Waals surface area (Å²) in [6, 6.07) is 17.0. The quantitative estimate of drug-likeness (QED) is 0.384. The fourth-order valence-corrected chi connectivity index (χ4v) is 4.55. The van der Waals surface area contributed by atoms with Crippen LogP contribution in [0.4, 0.5) is 10.6 Å². The Bertz CT molecular complexity index is 1170. The molecule has 8 heteroatoms. The molecule has 1 aromatic heterocycles. The Morgan fingerprint density at radius 3 is 2.33 bits per heavy atom. The van der Waals surface area contributed by atoms with Gasteiger partial charge in [0.05, 0.1) is 11.9 Å². The summed E-state index contributed by atoms with van der Waals surface area (Å²) >= 11 is 0. The molecule has 0 atom stereocenters. The van der Waals surface area contributed by atoms with Crippen LogP contribution in [-0.4, -0.2) is 33.0 Å². The Kier molecular flexibility index (Phi) is 7.93. The maximum Gasteiger partial charge on any atom is 0.511 e. The van der Waals surface area contributed by atoms with Crippen molar-refractivity contribution in [2.75, 3.05) is 4.90 Å². The molecule has 0 radical (unpaired) electrons. The van der Waals surface area contributed by atoms with Crippen molar-refractivity contribution < 1.29 is 24.2 Å². The minimum atomic E-state index is -1.45. The molecule has 2 aromatic carbocycles. The molecule has 1 aliphatic carbocycles. The van der Waals surface area contributed by atoms with Gasteiger partial charge < -0.3 is 14.6 Å². The van der Waals surface area contributed by atoms with E-state index in [9.17, 15) is 14.7 Å². The van der Waals surface area contributed by atoms with Crippen molar-refractivity contribution >= 4 is 17.9 Å². The number of anilines is 1. The Labute approximate surface area is 211 Å². The summed E-state index contributed by atoms with van der Waals surface area (Å²) in [5.74, 6) is 1.52. The van der Waals surface area contributed by atoms with E-state index in [1.54, 1.807) is 9.58 Å². The molecular formula is C28H33N3O5. The highest BCUT2D eigenvalue weighted by Crippen LogP contribution is 2.35. The molecule has 190 valence electrons. The zero-order valence-corrected chi connectivity index (χ0v) is 21.0. The lowest BCUT2D eigenvalue weighted by atomic mass is 9.82. The van der Waals surface area contributed by atoms with Gasteiger partial charge in [0.15, 0.2) is 5.75 Å². The molecule has 0 bridgehead atoms. The zero-order valence-electron chi connectivity index (χ0n) is 21.0. The van der Waals surface area contributed by atoms with E-state index in [1.807, 2.05) is 68.4 Å². The highest BCUT2D eigenvalue weighted by molar-refractivity contribution is 5.96. The number of hydrogen-bond donors (Lipinski definition) is 1. The lowest BCUT2D eigenvalue weighted by Crippen LogP contribution is -2.42. The molecule has 3 aromatic rings. The molecule has 1 fully saturated rings. The summed E-state index contributed by atoms with van der Waals surface area (Å²) in [5, 5.41) is 13.9. The fraction of sp³-hybridized carbons (Fsp3) is 0.393. The van der Waals surface area contributed by atoms with Crippen molar-refractivity contribution in [1.82, 2.24) is 9.78 Å². The Hall–Kier alpha value is -3.81. The van der Waals surface area contributed by atoms with E-state index in [0.717, 1.165) is 37.0 Å². The molecule has 0 unspecified atom stereocenters. The number of amides is 1. The van der Waals surface area contributed by atoms with Crippen molar-refractivity contribution in [2.45, 2.75) is 59.1 Å². The number of aromatic nitrogens is 2. The van der Waals surface area contributed by atoms with Gasteiger partial charge in [-0.25, -0.2) is 9.48 Å². The van der Waals surface area contributed by atoms with Crippen LogP contribution in [0.5, 0.6) is 11.5 Å². The molecule has 0 saturated heterocycles. The number of carbonyl (C=O) groups excluding carboxylic acids is 1. The van der Waals surface area contributed by atoms with E-state index in [0.29, 0.717) is 18.2 Å². The first-order valence-corrected chi connectivity index (χ1v) is 12.4. The summed E-state index contributed by atoms with van der Waals surface area (Å²) in [4.78, 5) is 26.5. The number of para-hydroxylation sites is 1. The van der Waals surface area contributed by atoms with E-state index >= 15 is 0 Å². The minimum absolute atomic E-state index is 0.0326. The number of carbonyl (C=O) groups is 2. The number of carboxylic acid groups (broad SMARTS) is 1. The maximum absolute atomic E-state index is 13.5. The van der Waals surface area contributed by atoms with E-state index in [2.05, 4.69) is 12.0 Å². The van der Waals surface area contributed by atoms with Crippen LogP contribution in [0.25, 0.3) is 5.69 Å². The highest BCUT2D eigenvalue weighted by atomic mass is 16.7. The van der Waals surface area contributed by atoms with Crippen LogP contribution in [0.1, 0.15) is 52.0 Å². The van der Waals surface area contributed by atoms with Crippen molar-refractivity contribution in [2.24, 2.45) is 11.8 Å². The van der Waals surface area contributed by atoms with Crippen LogP contribution >= 0.6 is 0 Å². The molecule has 36 heavy (non-hydrogen) atoms. The predicted octanol–water partition coefficient (Wildman–Crippen LogP) is 6.08. The van der Waals surface area contributed by atoms with E-state index in [1.165, 1.54) is 6.20 Å². The lowest BCUT2D eigenvalue weighted by molar-refractivity contribution is -0.124. The topological polar surface area (TPSA) is 93.9 Å². The fourth-order valence-electron chi connectivity index (χ4n) is 4.55. The predicted molar refractivity (Wildman–Crippen MR) is 137 cm³/mol. The average Bonchev–Trinajstić information content (AvgIpc) is 3.26.